The van der Waals surface area contributed by atoms with Crippen LogP contribution in [0.5, 0.6) is 40.2 Å². The Morgan fingerprint density at radius 1 is 0.628 bits per heavy atom. The number of hydrogen-bond donors (Lipinski definition) is 4. The van der Waals surface area contributed by atoms with Gasteiger partial charge < -0.3 is 39.4 Å². The molecule has 0 amide bonds. The van der Waals surface area contributed by atoms with E-state index in [0.29, 0.717) is 0 Å². The summed E-state index contributed by atoms with van der Waals surface area (Å²) in [5, 5.41) is 41.2. The third-order valence-electron chi connectivity index (χ3n) is 6.50. The fraction of sp³-hybridized carbons (Fsp3) is 0.156. The van der Waals surface area contributed by atoms with Crippen molar-refractivity contribution in [2.24, 2.45) is 0 Å². The molecule has 222 valence electrons. The van der Waals surface area contributed by atoms with Crippen LogP contribution in [0.2, 0.25) is 0 Å². The number of aryl methyl sites for hydroxylation is 2. The number of phenolic OH excluding ortho intramolecular Hbond substituents is 4. The molecule has 0 heterocycles. The van der Waals surface area contributed by atoms with Crippen LogP contribution in [0.4, 0.5) is 0 Å². The van der Waals surface area contributed by atoms with Crippen molar-refractivity contribution in [3.8, 4) is 40.2 Å². The molecule has 43 heavy (non-hydrogen) atoms. The van der Waals surface area contributed by atoms with Crippen LogP contribution in [0.15, 0.2) is 60.7 Å². The first-order chi connectivity index (χ1) is 20.4. The first-order valence-corrected chi connectivity index (χ1v) is 12.8. The van der Waals surface area contributed by atoms with Gasteiger partial charge in [0.05, 0.1) is 7.11 Å². The molecule has 11 heteroatoms. The average Bonchev–Trinajstić information content (AvgIpc) is 2.91. The van der Waals surface area contributed by atoms with E-state index < -0.39 is 35.2 Å². The zero-order valence-corrected chi connectivity index (χ0v) is 23.6. The van der Waals surface area contributed by atoms with E-state index in [9.17, 15) is 34.8 Å². The maximum absolute atomic E-state index is 13.0. The molecule has 0 fully saturated rings. The number of hydrogen-bond acceptors (Lipinski definition) is 11. The molecule has 0 aliphatic carbocycles. The lowest BCUT2D eigenvalue weighted by atomic mass is 10.1. The van der Waals surface area contributed by atoms with Gasteiger partial charge in [-0.3, -0.25) is 0 Å². The summed E-state index contributed by atoms with van der Waals surface area (Å²) in [6, 6.07) is 14.7. The Labute approximate surface area is 246 Å². The highest BCUT2D eigenvalue weighted by molar-refractivity contribution is 5.99. The third kappa shape index (κ3) is 6.46. The van der Waals surface area contributed by atoms with Gasteiger partial charge in [0.1, 0.15) is 52.0 Å². The fourth-order valence-corrected chi connectivity index (χ4v) is 4.51. The predicted octanol–water partition coefficient (Wildman–Crippen LogP) is 5.24. The Bertz CT molecular complexity index is 1680. The molecule has 0 bridgehead atoms. The van der Waals surface area contributed by atoms with Crippen LogP contribution in [0.3, 0.4) is 0 Å². The van der Waals surface area contributed by atoms with Crippen molar-refractivity contribution in [2.75, 3.05) is 7.11 Å². The van der Waals surface area contributed by atoms with Crippen molar-refractivity contribution in [2.45, 2.75) is 27.4 Å². The Hall–Kier alpha value is -5.71. The molecule has 4 aromatic rings. The quantitative estimate of drug-likeness (QED) is 0.157. The van der Waals surface area contributed by atoms with Crippen molar-refractivity contribution in [1.82, 2.24) is 0 Å². The van der Waals surface area contributed by atoms with E-state index in [-0.39, 0.29) is 63.0 Å². The molecule has 4 N–H and O–H groups in total. The summed E-state index contributed by atoms with van der Waals surface area (Å²) in [6.07, 6.45) is 0. The number of benzene rings is 4. The maximum atomic E-state index is 13.0. The van der Waals surface area contributed by atoms with E-state index in [2.05, 4.69) is 0 Å². The summed E-state index contributed by atoms with van der Waals surface area (Å²) in [7, 11) is 1.28. The normalized spacial score (nSPS) is 10.6. The molecule has 0 atom stereocenters. The summed E-state index contributed by atoms with van der Waals surface area (Å²) in [4.78, 5) is 38.4. The van der Waals surface area contributed by atoms with Gasteiger partial charge in [0.25, 0.3) is 0 Å². The number of rotatable bonds is 8. The minimum Gasteiger partial charge on any atom is -0.507 e. The van der Waals surface area contributed by atoms with Gasteiger partial charge >= 0.3 is 17.9 Å². The lowest BCUT2D eigenvalue weighted by Crippen LogP contribution is -2.14. The Kier molecular flexibility index (Phi) is 8.75. The number of carbonyl (C=O) groups is 3. The van der Waals surface area contributed by atoms with Crippen LogP contribution in [-0.4, -0.2) is 45.4 Å². The molecule has 0 saturated carbocycles. The van der Waals surface area contributed by atoms with E-state index in [1.54, 1.807) is 24.3 Å². The molecule has 4 rings (SSSR count). The number of phenols is 4. The predicted molar refractivity (Wildman–Crippen MR) is 152 cm³/mol. The van der Waals surface area contributed by atoms with E-state index >= 15 is 0 Å². The summed E-state index contributed by atoms with van der Waals surface area (Å²) >= 11 is 0. The van der Waals surface area contributed by atoms with Gasteiger partial charge in [0, 0.05) is 23.8 Å². The largest absolute Gasteiger partial charge is 0.507 e. The number of esters is 3. The maximum Gasteiger partial charge on any atom is 0.347 e. The smallest absolute Gasteiger partial charge is 0.347 e. The van der Waals surface area contributed by atoms with Crippen LogP contribution in [0, 0.1) is 20.8 Å². The fourth-order valence-electron chi connectivity index (χ4n) is 4.51. The Morgan fingerprint density at radius 3 is 1.63 bits per heavy atom. The first kappa shape index (κ1) is 30.3. The second-order valence-electron chi connectivity index (χ2n) is 9.56. The monoisotopic (exact) mass is 588 g/mol. The number of aromatic hydroxyl groups is 4. The first-order valence-electron chi connectivity index (χ1n) is 12.8. The SMILES string of the molecule is COc1c(O)cc(O)c(C(=O)Oc2cc(C)c(C(=O)Oc3cc(C)c(C(=O)OCc4ccccc4)c(O)c3)c(O)c2)c1C. The van der Waals surface area contributed by atoms with Crippen molar-refractivity contribution in [3.05, 3.63) is 99.6 Å². The van der Waals surface area contributed by atoms with E-state index in [1.807, 2.05) is 6.07 Å². The Balaban J connectivity index is 1.50. The molecule has 0 aromatic heterocycles. The van der Waals surface area contributed by atoms with E-state index in [4.69, 9.17) is 18.9 Å². The second kappa shape index (κ2) is 12.4. The second-order valence-corrected chi connectivity index (χ2v) is 9.56. The van der Waals surface area contributed by atoms with Crippen molar-refractivity contribution in [3.63, 3.8) is 0 Å². The highest BCUT2D eigenvalue weighted by Gasteiger charge is 2.25. The van der Waals surface area contributed by atoms with E-state index in [1.165, 1.54) is 40.0 Å². The topological polar surface area (TPSA) is 169 Å². The van der Waals surface area contributed by atoms with Gasteiger partial charge in [-0.1, -0.05) is 30.3 Å². The standard InChI is InChI=1S/C32H28O11/c1-16-10-20(12-22(33)26(16)30(37)41-15-19-8-6-5-7-9-19)42-31(38)27-17(2)11-21(13-23(27)34)43-32(39)28-18(3)29(40-4)25(36)14-24(28)35/h5-14,33-36H,15H2,1-4H3. The van der Waals surface area contributed by atoms with Crippen LogP contribution in [0.1, 0.15) is 53.3 Å². The summed E-state index contributed by atoms with van der Waals surface area (Å²) in [5.74, 6) is -4.96. The lowest BCUT2D eigenvalue weighted by Gasteiger charge is -2.15. The molecule has 0 radical (unpaired) electrons. The lowest BCUT2D eigenvalue weighted by molar-refractivity contribution is 0.0468. The molecular weight excluding hydrogens is 560 g/mol. The summed E-state index contributed by atoms with van der Waals surface area (Å²) < 4.78 is 21.0. The molecule has 0 spiro atoms. The van der Waals surface area contributed by atoms with Gasteiger partial charge in [-0.2, -0.15) is 0 Å². The highest BCUT2D eigenvalue weighted by atomic mass is 16.5. The minimum atomic E-state index is -1.00. The Morgan fingerprint density at radius 2 is 1.12 bits per heavy atom. The molecule has 0 saturated heterocycles. The zero-order valence-electron chi connectivity index (χ0n) is 23.6. The molecule has 4 aromatic carbocycles. The van der Waals surface area contributed by atoms with Gasteiger partial charge in [-0.15, -0.1) is 0 Å². The molecule has 0 aliphatic rings. The van der Waals surface area contributed by atoms with Gasteiger partial charge in [-0.25, -0.2) is 14.4 Å². The van der Waals surface area contributed by atoms with Gasteiger partial charge in [-0.05, 0) is 49.6 Å². The van der Waals surface area contributed by atoms with Gasteiger partial charge in [0.15, 0.2) is 11.5 Å². The van der Waals surface area contributed by atoms with Crippen molar-refractivity contribution >= 4 is 17.9 Å². The van der Waals surface area contributed by atoms with Crippen LogP contribution in [0.25, 0.3) is 0 Å². The minimum absolute atomic E-state index is 0.00303. The molecular formula is C32H28O11. The third-order valence-corrected chi connectivity index (χ3v) is 6.50. The molecule has 11 nitrogen and oxygen atoms in total. The van der Waals surface area contributed by atoms with Gasteiger partial charge in [0.2, 0.25) is 0 Å². The van der Waals surface area contributed by atoms with E-state index in [0.717, 1.165) is 23.8 Å². The average molecular weight is 589 g/mol. The number of carbonyl (C=O) groups excluding carboxylic acids is 3. The summed E-state index contributed by atoms with van der Waals surface area (Å²) in [5.41, 5.74) is 0.760. The number of ether oxygens (including phenoxy) is 4. The van der Waals surface area contributed by atoms with Crippen molar-refractivity contribution < 1.29 is 53.8 Å². The number of methoxy groups -OCH3 is 1. The zero-order chi connectivity index (χ0) is 31.4. The van der Waals surface area contributed by atoms with Crippen LogP contribution < -0.4 is 14.2 Å². The van der Waals surface area contributed by atoms with Crippen molar-refractivity contribution in [1.29, 1.82) is 0 Å². The molecule has 0 unspecified atom stereocenters. The summed E-state index contributed by atoms with van der Waals surface area (Å²) in [6.45, 7) is 4.44. The van der Waals surface area contributed by atoms with Crippen LogP contribution in [-0.2, 0) is 11.3 Å². The highest BCUT2D eigenvalue weighted by Crippen LogP contribution is 2.39. The molecule has 0 aliphatic heterocycles. The van der Waals surface area contributed by atoms with Crippen LogP contribution >= 0.6 is 0 Å².